The van der Waals surface area contributed by atoms with E-state index in [2.05, 4.69) is 0 Å². The first-order chi connectivity index (χ1) is 8.84. The van der Waals surface area contributed by atoms with Gasteiger partial charge in [-0.05, 0) is 32.9 Å². The summed E-state index contributed by atoms with van der Waals surface area (Å²) in [5.74, 6) is -2.97. The van der Waals surface area contributed by atoms with Gasteiger partial charge in [0, 0.05) is 13.2 Å². The molecule has 0 bridgehead atoms. The van der Waals surface area contributed by atoms with Crippen molar-refractivity contribution in [2.24, 2.45) is 5.92 Å². The summed E-state index contributed by atoms with van der Waals surface area (Å²) in [4.78, 5) is 21.5. The Labute approximate surface area is 115 Å². The fourth-order valence-electron chi connectivity index (χ4n) is 1.99. The van der Waals surface area contributed by atoms with E-state index in [9.17, 15) is 9.59 Å². The minimum absolute atomic E-state index is 0.336. The summed E-state index contributed by atoms with van der Waals surface area (Å²) in [5.41, 5.74) is 0. The summed E-state index contributed by atoms with van der Waals surface area (Å²) in [5, 5.41) is 17.6. The molecule has 7 heteroatoms. The summed E-state index contributed by atoms with van der Waals surface area (Å²) in [7, 11) is -2.23. The number of hydrogen-bond donors (Lipinski definition) is 2. The van der Waals surface area contributed by atoms with Gasteiger partial charge in [-0.25, -0.2) is 0 Å². The van der Waals surface area contributed by atoms with Crippen LogP contribution in [0, 0.1) is 5.92 Å². The maximum atomic E-state index is 10.9. The highest BCUT2D eigenvalue weighted by atomic mass is 28.4. The smallest absolute Gasteiger partial charge is 0.334 e. The number of carboxylic acid groups (broad SMARTS) is 2. The molecule has 0 saturated carbocycles. The van der Waals surface area contributed by atoms with E-state index in [0.29, 0.717) is 32.1 Å². The van der Waals surface area contributed by atoms with Crippen LogP contribution in [0.5, 0.6) is 0 Å². The number of rotatable bonds is 11. The zero-order chi connectivity index (χ0) is 14.9. The van der Waals surface area contributed by atoms with E-state index in [1.165, 1.54) is 0 Å². The van der Waals surface area contributed by atoms with Gasteiger partial charge in [-0.15, -0.1) is 0 Å². The van der Waals surface area contributed by atoms with Crippen molar-refractivity contribution >= 4 is 20.5 Å². The Hall–Kier alpha value is -0.923. The van der Waals surface area contributed by atoms with Gasteiger partial charge in [0.2, 0.25) is 0 Å². The van der Waals surface area contributed by atoms with E-state index in [1.54, 1.807) is 0 Å². The van der Waals surface area contributed by atoms with Crippen molar-refractivity contribution < 1.29 is 28.7 Å². The van der Waals surface area contributed by atoms with E-state index in [4.69, 9.17) is 19.1 Å². The molecule has 0 spiro atoms. The lowest BCUT2D eigenvalue weighted by Crippen LogP contribution is -2.38. The van der Waals surface area contributed by atoms with Gasteiger partial charge < -0.3 is 19.1 Å². The monoisotopic (exact) mass is 292 g/mol. The minimum atomic E-state index is -2.23. The van der Waals surface area contributed by atoms with Crippen molar-refractivity contribution in [3.05, 3.63) is 0 Å². The van der Waals surface area contributed by atoms with E-state index < -0.39 is 26.4 Å². The molecule has 6 nitrogen and oxygen atoms in total. The van der Waals surface area contributed by atoms with Crippen LogP contribution in [0.3, 0.4) is 0 Å². The lowest BCUT2D eigenvalue weighted by Gasteiger charge is -2.26. The maximum Gasteiger partial charge on any atom is 0.334 e. The third kappa shape index (κ3) is 7.96. The Kier molecular flexibility index (Phi) is 8.62. The second kappa shape index (κ2) is 9.06. The fourth-order valence-corrected chi connectivity index (χ4v) is 4.43. The van der Waals surface area contributed by atoms with E-state index in [-0.39, 0.29) is 6.42 Å². The topological polar surface area (TPSA) is 93.1 Å². The first kappa shape index (κ1) is 18.1. The summed E-state index contributed by atoms with van der Waals surface area (Å²) >= 11 is 0. The predicted octanol–water partition coefficient (Wildman–Crippen LogP) is 2.09. The van der Waals surface area contributed by atoms with Gasteiger partial charge >= 0.3 is 20.5 Å². The second-order valence-electron chi connectivity index (χ2n) is 4.53. The summed E-state index contributed by atoms with van der Waals surface area (Å²) in [6, 6.07) is 0.679. The van der Waals surface area contributed by atoms with Crippen LogP contribution in [0.25, 0.3) is 0 Å². The average Bonchev–Trinajstić information content (AvgIpc) is 2.27. The Morgan fingerprint density at radius 3 is 2.05 bits per heavy atom. The lowest BCUT2D eigenvalue weighted by atomic mass is 10.0. The third-order valence-electron chi connectivity index (χ3n) is 2.85. The molecule has 0 aliphatic carbocycles. The van der Waals surface area contributed by atoms with Crippen molar-refractivity contribution in [2.45, 2.75) is 45.7 Å². The minimum Gasteiger partial charge on any atom is -0.481 e. The number of aliphatic carboxylic acids is 2. The third-order valence-corrected chi connectivity index (χ3v) is 5.91. The molecular formula is C12H24O6Si. The highest BCUT2D eigenvalue weighted by Crippen LogP contribution is 2.21. The molecule has 2 N–H and O–H groups in total. The SMILES string of the molecule is CCO[Si](C)(CCCC(CC(=O)O)C(=O)O)OCC. The molecule has 112 valence electrons. The van der Waals surface area contributed by atoms with Crippen molar-refractivity contribution in [3.8, 4) is 0 Å². The van der Waals surface area contributed by atoms with E-state index in [0.717, 1.165) is 0 Å². The highest BCUT2D eigenvalue weighted by molar-refractivity contribution is 6.66. The van der Waals surface area contributed by atoms with Crippen LogP contribution in [-0.4, -0.2) is 43.9 Å². The quantitative estimate of drug-likeness (QED) is 0.566. The van der Waals surface area contributed by atoms with Gasteiger partial charge in [0.05, 0.1) is 12.3 Å². The molecule has 0 aliphatic rings. The van der Waals surface area contributed by atoms with Crippen LogP contribution < -0.4 is 0 Å². The van der Waals surface area contributed by atoms with Crippen LogP contribution >= 0.6 is 0 Å². The van der Waals surface area contributed by atoms with Crippen LogP contribution in [0.4, 0.5) is 0 Å². The molecule has 0 rings (SSSR count). The Bertz CT molecular complexity index is 288. The van der Waals surface area contributed by atoms with Crippen LogP contribution in [-0.2, 0) is 18.4 Å². The molecular weight excluding hydrogens is 268 g/mol. The van der Waals surface area contributed by atoms with Crippen LogP contribution in [0.2, 0.25) is 12.6 Å². The van der Waals surface area contributed by atoms with Crippen molar-refractivity contribution in [1.82, 2.24) is 0 Å². The molecule has 0 aromatic carbocycles. The Morgan fingerprint density at radius 1 is 1.16 bits per heavy atom. The Morgan fingerprint density at radius 2 is 1.68 bits per heavy atom. The van der Waals surface area contributed by atoms with Crippen molar-refractivity contribution in [3.63, 3.8) is 0 Å². The molecule has 19 heavy (non-hydrogen) atoms. The first-order valence-electron chi connectivity index (χ1n) is 6.57. The summed E-state index contributed by atoms with van der Waals surface area (Å²) < 4.78 is 11.3. The van der Waals surface area contributed by atoms with Crippen LogP contribution in [0.1, 0.15) is 33.1 Å². The predicted molar refractivity (Wildman–Crippen MR) is 72.3 cm³/mol. The maximum absolute atomic E-state index is 10.9. The number of hydrogen-bond acceptors (Lipinski definition) is 4. The van der Waals surface area contributed by atoms with Gasteiger partial charge in [-0.1, -0.05) is 6.42 Å². The first-order valence-corrected chi connectivity index (χ1v) is 9.09. The number of carbonyl (C=O) groups is 2. The van der Waals surface area contributed by atoms with Gasteiger partial charge in [-0.3, -0.25) is 9.59 Å². The second-order valence-corrected chi connectivity index (χ2v) is 7.87. The van der Waals surface area contributed by atoms with Gasteiger partial charge in [0.25, 0.3) is 0 Å². The van der Waals surface area contributed by atoms with Crippen LogP contribution in [0.15, 0.2) is 0 Å². The molecule has 0 aliphatic heterocycles. The molecule has 0 saturated heterocycles. The van der Waals surface area contributed by atoms with E-state index in [1.807, 2.05) is 20.4 Å². The largest absolute Gasteiger partial charge is 0.481 e. The van der Waals surface area contributed by atoms with Crippen molar-refractivity contribution in [1.29, 1.82) is 0 Å². The molecule has 1 unspecified atom stereocenters. The molecule has 0 heterocycles. The molecule has 0 radical (unpaired) electrons. The Balaban J connectivity index is 4.28. The van der Waals surface area contributed by atoms with E-state index >= 15 is 0 Å². The summed E-state index contributed by atoms with van der Waals surface area (Å²) in [6.07, 6.45) is 0.605. The summed E-state index contributed by atoms with van der Waals surface area (Å²) in [6.45, 7) is 6.89. The standard InChI is InChI=1S/C12H24O6Si/c1-4-17-19(3,18-5-2)8-6-7-10(12(15)16)9-11(13)14/h10H,4-9H2,1-3H3,(H,13,14)(H,15,16). The highest BCUT2D eigenvalue weighted by Gasteiger charge is 2.31. The van der Waals surface area contributed by atoms with Gasteiger partial charge in [0.15, 0.2) is 0 Å². The molecule has 0 fully saturated rings. The molecule has 1 atom stereocenters. The normalized spacial score (nSPS) is 13.2. The lowest BCUT2D eigenvalue weighted by molar-refractivity contribution is -0.148. The zero-order valence-corrected chi connectivity index (χ0v) is 12.8. The number of carboxylic acids is 2. The fraction of sp³-hybridized carbons (Fsp3) is 0.833. The molecule has 0 aromatic rings. The molecule has 0 amide bonds. The molecule has 0 aromatic heterocycles. The average molecular weight is 292 g/mol. The zero-order valence-electron chi connectivity index (χ0n) is 11.8. The van der Waals surface area contributed by atoms with Gasteiger partial charge in [-0.2, -0.15) is 0 Å². The van der Waals surface area contributed by atoms with Crippen molar-refractivity contribution in [2.75, 3.05) is 13.2 Å². The van der Waals surface area contributed by atoms with Gasteiger partial charge in [0.1, 0.15) is 0 Å².